The van der Waals surface area contributed by atoms with Gasteiger partial charge in [-0.25, -0.2) is 33.1 Å². The quantitative estimate of drug-likeness (QED) is 0.0607. The maximum absolute atomic E-state index is 14.5. The molecule has 0 fully saturated rings. The zero-order valence-electron chi connectivity index (χ0n) is 52.5. The van der Waals surface area contributed by atoms with Crippen molar-refractivity contribution < 1.29 is 45.7 Å². The minimum Gasteiger partial charge on any atom is -0.497 e. The van der Waals surface area contributed by atoms with E-state index < -0.39 is 0 Å². The van der Waals surface area contributed by atoms with Gasteiger partial charge in [0.25, 0.3) is 0 Å². The van der Waals surface area contributed by atoms with Gasteiger partial charge in [-0.1, -0.05) is 106 Å². The molecular weight excluding hydrogens is 1460 g/mol. The molecule has 10 aromatic heterocycles. The van der Waals surface area contributed by atoms with Gasteiger partial charge in [-0.2, -0.15) is 36.6 Å². The topological polar surface area (TPSA) is 246 Å². The largest absolute Gasteiger partial charge is 0.497 e. The third-order valence-corrected chi connectivity index (χ3v) is 17.4. The summed E-state index contributed by atoms with van der Waals surface area (Å²) in [5.41, 5.74) is 10.3. The van der Waals surface area contributed by atoms with Crippen LogP contribution in [0, 0.1) is 17.5 Å². The number of hydrogen-bond acceptors (Lipinski definition) is 20. The first kappa shape index (κ1) is 67.1. The molecule has 0 radical (unpaired) electrons. The van der Waals surface area contributed by atoms with E-state index in [1.165, 1.54) is 37.0 Å². The molecule has 0 spiro atoms. The van der Waals surface area contributed by atoms with Crippen molar-refractivity contribution in [2.45, 2.75) is 32.8 Å². The van der Waals surface area contributed by atoms with Gasteiger partial charge in [0.1, 0.15) is 100 Å². The van der Waals surface area contributed by atoms with Crippen LogP contribution in [0.2, 0.25) is 5.15 Å². The summed E-state index contributed by atoms with van der Waals surface area (Å²) in [6.07, 6.45) is 9.30. The number of hydrogen-bond donors (Lipinski definition) is 0. The Balaban J connectivity index is 0.000000137. The van der Waals surface area contributed by atoms with Crippen LogP contribution in [-0.4, -0.2) is 88.9 Å². The lowest BCUT2D eigenvalue weighted by atomic mass is 10.2. The molecule has 500 valence electrons. The van der Waals surface area contributed by atoms with Crippen molar-refractivity contribution in [1.29, 1.82) is 0 Å². The molecule has 0 N–H and O–H groups in total. The number of nitrogens with zero attached hydrogens (tertiary/aromatic N) is 15. The molecule has 0 aliphatic heterocycles. The summed E-state index contributed by atoms with van der Waals surface area (Å²) in [5.74, 6) is 2.50. The molecule has 0 saturated carbocycles. The highest BCUT2D eigenvalue weighted by Gasteiger charge is 2.23. The highest BCUT2D eigenvalue weighted by molar-refractivity contribution is 9.10. The van der Waals surface area contributed by atoms with Gasteiger partial charge < -0.3 is 32.5 Å². The number of aromatic nitrogens is 15. The van der Waals surface area contributed by atoms with Crippen LogP contribution in [0.5, 0.6) is 23.3 Å². The van der Waals surface area contributed by atoms with Crippen LogP contribution in [0.25, 0.3) is 79.8 Å². The smallest absolute Gasteiger partial charge is 0.232 e. The lowest BCUT2D eigenvalue weighted by Crippen LogP contribution is -2.06. The summed E-state index contributed by atoms with van der Waals surface area (Å²) in [5, 5.41) is 30.2. The molecule has 22 nitrogen and oxygen atoms in total. The van der Waals surface area contributed by atoms with Gasteiger partial charge in [0, 0.05) is 53.5 Å². The molecule has 0 unspecified atom stereocenters. The predicted molar refractivity (Wildman–Crippen MR) is 371 cm³/mol. The van der Waals surface area contributed by atoms with Gasteiger partial charge in [0.15, 0.2) is 17.5 Å². The summed E-state index contributed by atoms with van der Waals surface area (Å²) in [7, 11) is 3.25. The number of rotatable bonds is 21. The highest BCUT2D eigenvalue weighted by Crippen LogP contribution is 2.35. The van der Waals surface area contributed by atoms with Crippen LogP contribution in [0.1, 0.15) is 27.8 Å². The van der Waals surface area contributed by atoms with E-state index in [1.807, 2.05) is 71.4 Å². The molecule has 0 bridgehead atoms. The summed E-state index contributed by atoms with van der Waals surface area (Å²) in [6.45, 7) is 1.24. The molecule has 0 atom stereocenters. The first-order valence-electron chi connectivity index (χ1n) is 30.2. The number of benzene rings is 5. The van der Waals surface area contributed by atoms with Crippen molar-refractivity contribution in [2.24, 2.45) is 0 Å². The van der Waals surface area contributed by atoms with Crippen LogP contribution in [0.3, 0.4) is 0 Å². The van der Waals surface area contributed by atoms with Gasteiger partial charge >= 0.3 is 0 Å². The molecule has 0 saturated heterocycles. The van der Waals surface area contributed by atoms with Crippen molar-refractivity contribution in [3.63, 3.8) is 0 Å². The standard InChI is InChI=1S/C29H22FN5O3S.C25H19BrFN5O3.C17H10BrClFN5O/c1-36-22-8-6-19(7-9-22)17-37-29-23(21-11-13-39-18-21)15-31-28(32-29)26-14-27(25-10-12-38-34-25)35(33-26)16-20-4-2-3-5-24(20)30;1-33-18-8-6-16(7-9-18)15-34-25-19(26)13-28-24(29-25)22-12-23(21-10-11-35-31-21)32(30-22)14-17-4-2-3-5-20(17)27;18-11-8-21-17(22-16(11)19)14-7-15(13-5-6-26-24-13)25(23-14)9-10-3-1-2-4-12(10)20/h2-15,18H,16-17H2,1H3;2-13H,14-15H2,1H3;1-8H,9H2. The Morgan fingerprint density at radius 2 is 0.860 bits per heavy atom. The van der Waals surface area contributed by atoms with Crippen molar-refractivity contribution in [3.8, 4) is 103 Å². The third-order valence-electron chi connectivity index (χ3n) is 15.0. The van der Waals surface area contributed by atoms with Crippen LogP contribution in [-0.2, 0) is 32.8 Å². The van der Waals surface area contributed by atoms with E-state index in [4.69, 9.17) is 54.2 Å². The van der Waals surface area contributed by atoms with Crippen LogP contribution in [0.4, 0.5) is 13.2 Å². The number of methoxy groups -OCH3 is 2. The lowest BCUT2D eigenvalue weighted by molar-refractivity contribution is 0.291. The molecule has 15 rings (SSSR count). The lowest BCUT2D eigenvalue weighted by Gasteiger charge is -2.11. The Morgan fingerprint density at radius 3 is 1.25 bits per heavy atom. The second kappa shape index (κ2) is 31.4. The fourth-order valence-corrected chi connectivity index (χ4v) is 11.2. The summed E-state index contributed by atoms with van der Waals surface area (Å²) in [4.78, 5) is 26.8. The summed E-state index contributed by atoms with van der Waals surface area (Å²) >= 11 is 14.3. The van der Waals surface area contributed by atoms with E-state index in [0.717, 1.165) is 33.8 Å². The fraction of sp³-hybridized carbons (Fsp3) is 0.0986. The first-order chi connectivity index (χ1) is 48.9. The first-order valence-corrected chi connectivity index (χ1v) is 33.1. The van der Waals surface area contributed by atoms with E-state index in [1.54, 1.807) is 143 Å². The molecule has 10 heterocycles. The second-order valence-electron chi connectivity index (χ2n) is 21.5. The Bertz CT molecular complexity index is 5210. The Morgan fingerprint density at radius 1 is 0.460 bits per heavy atom. The van der Waals surface area contributed by atoms with Gasteiger partial charge in [-0.3, -0.25) is 14.0 Å². The highest BCUT2D eigenvalue weighted by atomic mass is 79.9. The van der Waals surface area contributed by atoms with Gasteiger partial charge in [0.05, 0.1) is 65.4 Å². The third kappa shape index (κ3) is 16.1. The number of halogens is 6. The molecule has 5 aromatic carbocycles. The summed E-state index contributed by atoms with van der Waals surface area (Å²) in [6, 6.07) is 47.4. The second-order valence-corrected chi connectivity index (χ2v) is 24.4. The number of ether oxygens (including phenoxy) is 4. The van der Waals surface area contributed by atoms with Gasteiger partial charge in [0.2, 0.25) is 11.8 Å². The van der Waals surface area contributed by atoms with Crippen LogP contribution in [0.15, 0.2) is 234 Å². The van der Waals surface area contributed by atoms with Gasteiger partial charge in [-0.05, 0) is 126 Å². The number of thiophene rings is 1. The Labute approximate surface area is 592 Å². The molecule has 100 heavy (non-hydrogen) atoms. The van der Waals surface area contributed by atoms with Crippen molar-refractivity contribution >= 4 is 54.8 Å². The Hall–Kier alpha value is -11.5. The van der Waals surface area contributed by atoms with E-state index >= 15 is 0 Å². The molecule has 15 aromatic rings. The van der Waals surface area contributed by atoms with E-state index in [0.29, 0.717) is 119 Å². The van der Waals surface area contributed by atoms with Crippen LogP contribution < -0.4 is 18.9 Å². The zero-order chi connectivity index (χ0) is 68.9. The zero-order valence-corrected chi connectivity index (χ0v) is 57.2. The van der Waals surface area contributed by atoms with E-state index in [9.17, 15) is 13.2 Å². The minimum absolute atomic E-state index is 0.197. The molecular formula is C71H51Br2ClF3N15O7S. The Kier molecular flexibility index (Phi) is 21.1. The van der Waals surface area contributed by atoms with Crippen LogP contribution >= 0.6 is 54.8 Å². The molecule has 0 amide bonds. The van der Waals surface area contributed by atoms with Crippen molar-refractivity contribution in [3.05, 3.63) is 271 Å². The predicted octanol–water partition coefficient (Wildman–Crippen LogP) is 16.6. The summed E-state index contributed by atoms with van der Waals surface area (Å²) < 4.78 is 86.5. The van der Waals surface area contributed by atoms with Gasteiger partial charge in [-0.15, -0.1) is 0 Å². The molecule has 0 aliphatic rings. The SMILES string of the molecule is COc1ccc(COc2nc(-c3cc(-c4ccon4)n(Cc4ccccc4F)n3)ncc2-c2ccsc2)cc1.COc1ccc(COc2nc(-c3cc(-c4ccon4)n(Cc4ccccc4F)n3)ncc2Br)cc1.Fc1ccccc1Cn1nc(-c2ncc(Br)c(Cl)n2)cc1-c1ccon1. The average Bonchev–Trinajstić information content (AvgIpc) is 1.68. The minimum atomic E-state index is -0.315. The maximum Gasteiger partial charge on any atom is 0.232 e. The normalized spacial score (nSPS) is 11.0. The van der Waals surface area contributed by atoms with E-state index in [-0.39, 0.29) is 42.2 Å². The van der Waals surface area contributed by atoms with Crippen molar-refractivity contribution in [1.82, 2.24) is 74.7 Å². The fourth-order valence-electron chi connectivity index (χ4n) is 9.96. The van der Waals surface area contributed by atoms with Crippen molar-refractivity contribution in [2.75, 3.05) is 14.2 Å². The van der Waals surface area contributed by atoms with E-state index in [2.05, 4.69) is 82.4 Å². The average molecular weight is 1510 g/mol. The maximum atomic E-state index is 14.5. The molecule has 29 heteroatoms. The monoisotopic (exact) mass is 1510 g/mol. The molecule has 0 aliphatic carbocycles.